The topological polar surface area (TPSA) is 100 Å². The van der Waals surface area contributed by atoms with Crippen molar-refractivity contribution in [2.24, 2.45) is 0 Å². The fourth-order valence-corrected chi connectivity index (χ4v) is 4.45. The number of thioether (sulfide) groups is 1. The van der Waals surface area contributed by atoms with Crippen molar-refractivity contribution in [1.29, 1.82) is 0 Å². The Morgan fingerprint density at radius 3 is 2.49 bits per heavy atom. The van der Waals surface area contributed by atoms with Crippen molar-refractivity contribution in [3.8, 4) is 0 Å². The van der Waals surface area contributed by atoms with Gasteiger partial charge in [0.2, 0.25) is 5.91 Å². The molecule has 0 bridgehead atoms. The number of hydrogen-bond acceptors (Lipinski definition) is 5. The number of aromatic nitrogens is 1. The Morgan fingerprint density at radius 1 is 0.923 bits per heavy atom. The van der Waals surface area contributed by atoms with Crippen molar-refractivity contribution in [3.63, 3.8) is 0 Å². The molecule has 39 heavy (non-hydrogen) atoms. The molecule has 0 saturated heterocycles. The Balaban J connectivity index is 1.43. The largest absolute Gasteiger partial charge is 0.323 e. The number of nitrogens with zero attached hydrogens (tertiary/aromatic N) is 1. The van der Waals surface area contributed by atoms with E-state index in [-0.39, 0.29) is 23.0 Å². The fourth-order valence-electron chi connectivity index (χ4n) is 3.36. The molecule has 0 aliphatic heterocycles. The summed E-state index contributed by atoms with van der Waals surface area (Å²) in [6.45, 7) is 0. The van der Waals surface area contributed by atoms with Crippen LogP contribution in [0.1, 0.15) is 15.9 Å². The first-order valence-electron chi connectivity index (χ1n) is 11.6. The summed E-state index contributed by atoms with van der Waals surface area (Å²) in [5, 5.41) is 8.01. The molecule has 0 radical (unpaired) electrons. The van der Waals surface area contributed by atoms with E-state index in [0.717, 1.165) is 0 Å². The van der Waals surface area contributed by atoms with Crippen molar-refractivity contribution < 1.29 is 18.8 Å². The van der Waals surface area contributed by atoms with E-state index < -0.39 is 17.6 Å². The molecule has 0 spiro atoms. The molecule has 0 atom stereocenters. The minimum atomic E-state index is -0.540. The van der Waals surface area contributed by atoms with E-state index in [1.807, 2.05) is 0 Å². The number of amides is 3. The SMILES string of the molecule is O=C(CSc1cccc(NC(=O)/C(=C/c2cccnc2)NC(=O)c2ccccc2)c1)Nc1ccc(Br)cc1F. The van der Waals surface area contributed by atoms with E-state index in [9.17, 15) is 18.8 Å². The number of carbonyl (C=O) groups excluding carboxylic acids is 3. The van der Waals surface area contributed by atoms with Crippen LogP contribution in [0.15, 0.2) is 112 Å². The number of anilines is 2. The van der Waals surface area contributed by atoms with E-state index in [1.165, 1.54) is 30.0 Å². The molecule has 0 saturated carbocycles. The van der Waals surface area contributed by atoms with E-state index in [4.69, 9.17) is 0 Å². The van der Waals surface area contributed by atoms with Crippen molar-refractivity contribution >= 4 is 62.9 Å². The maximum Gasteiger partial charge on any atom is 0.272 e. The van der Waals surface area contributed by atoms with Crippen LogP contribution in [-0.2, 0) is 9.59 Å². The van der Waals surface area contributed by atoms with Crippen molar-refractivity contribution in [2.45, 2.75) is 4.90 Å². The van der Waals surface area contributed by atoms with Gasteiger partial charge < -0.3 is 16.0 Å². The third-order valence-electron chi connectivity index (χ3n) is 5.19. The number of nitrogens with one attached hydrogen (secondary N) is 3. The highest BCUT2D eigenvalue weighted by molar-refractivity contribution is 9.10. The van der Waals surface area contributed by atoms with E-state index in [0.29, 0.717) is 26.2 Å². The predicted octanol–water partition coefficient (Wildman–Crippen LogP) is 6.12. The summed E-state index contributed by atoms with van der Waals surface area (Å²) in [5.74, 6) is -1.85. The van der Waals surface area contributed by atoms with Crippen LogP contribution in [0.2, 0.25) is 0 Å². The normalized spacial score (nSPS) is 11.0. The van der Waals surface area contributed by atoms with Crippen LogP contribution in [0.5, 0.6) is 0 Å². The molecule has 0 unspecified atom stereocenters. The zero-order valence-electron chi connectivity index (χ0n) is 20.4. The van der Waals surface area contributed by atoms with Crippen LogP contribution in [-0.4, -0.2) is 28.5 Å². The lowest BCUT2D eigenvalue weighted by Gasteiger charge is -2.12. The van der Waals surface area contributed by atoms with Crippen LogP contribution < -0.4 is 16.0 Å². The van der Waals surface area contributed by atoms with E-state index in [2.05, 4.69) is 36.9 Å². The molecule has 0 aliphatic carbocycles. The first kappa shape index (κ1) is 27.7. The number of carbonyl (C=O) groups is 3. The molecule has 4 rings (SSSR count). The van der Waals surface area contributed by atoms with Gasteiger partial charge in [-0.2, -0.15) is 0 Å². The predicted molar refractivity (Wildman–Crippen MR) is 155 cm³/mol. The lowest BCUT2D eigenvalue weighted by molar-refractivity contribution is -0.114. The lowest BCUT2D eigenvalue weighted by Crippen LogP contribution is -2.30. The summed E-state index contributed by atoms with van der Waals surface area (Å²) >= 11 is 4.41. The second-order valence-corrected chi connectivity index (χ2v) is 10.1. The Bertz CT molecular complexity index is 1520. The average Bonchev–Trinajstić information content (AvgIpc) is 2.94. The minimum absolute atomic E-state index is 0.0332. The monoisotopic (exact) mass is 604 g/mol. The highest BCUT2D eigenvalue weighted by atomic mass is 79.9. The van der Waals surface area contributed by atoms with Gasteiger partial charge in [0.25, 0.3) is 11.8 Å². The van der Waals surface area contributed by atoms with Gasteiger partial charge in [0.1, 0.15) is 11.5 Å². The molecule has 1 aromatic heterocycles. The number of benzene rings is 3. The average molecular weight is 605 g/mol. The molecule has 196 valence electrons. The number of halogens is 2. The van der Waals surface area contributed by atoms with Gasteiger partial charge >= 0.3 is 0 Å². The molecule has 4 aromatic rings. The fraction of sp³-hybridized carbons (Fsp3) is 0.0345. The number of hydrogen-bond donors (Lipinski definition) is 3. The second-order valence-electron chi connectivity index (χ2n) is 8.11. The summed E-state index contributed by atoms with van der Waals surface area (Å²) in [5.41, 5.74) is 1.63. The van der Waals surface area contributed by atoms with Crippen LogP contribution >= 0.6 is 27.7 Å². The summed E-state index contributed by atoms with van der Waals surface area (Å²) < 4.78 is 14.6. The van der Waals surface area contributed by atoms with Gasteiger partial charge in [-0.1, -0.05) is 46.3 Å². The Labute approximate surface area is 237 Å². The first-order chi connectivity index (χ1) is 18.9. The summed E-state index contributed by atoms with van der Waals surface area (Å²) in [4.78, 5) is 43.1. The first-order valence-corrected chi connectivity index (χ1v) is 13.4. The van der Waals surface area contributed by atoms with E-state index in [1.54, 1.807) is 85.2 Å². The van der Waals surface area contributed by atoms with E-state index >= 15 is 0 Å². The quantitative estimate of drug-likeness (QED) is 0.158. The molecule has 3 N–H and O–H groups in total. The molecule has 3 amide bonds. The van der Waals surface area contributed by atoms with Crippen molar-refractivity contribution in [3.05, 3.63) is 124 Å². The summed E-state index contributed by atoms with van der Waals surface area (Å²) in [6, 6.07) is 23.4. The van der Waals surface area contributed by atoms with Crippen LogP contribution in [0.4, 0.5) is 15.8 Å². The highest BCUT2D eigenvalue weighted by Crippen LogP contribution is 2.24. The smallest absolute Gasteiger partial charge is 0.272 e. The minimum Gasteiger partial charge on any atom is -0.323 e. The van der Waals surface area contributed by atoms with Gasteiger partial charge in [0.05, 0.1) is 11.4 Å². The van der Waals surface area contributed by atoms with Gasteiger partial charge in [-0.05, 0) is 66.2 Å². The summed E-state index contributed by atoms with van der Waals surface area (Å²) in [6.07, 6.45) is 4.72. The Morgan fingerprint density at radius 2 is 1.74 bits per heavy atom. The lowest BCUT2D eigenvalue weighted by atomic mass is 10.2. The molecule has 0 aliphatic rings. The molecule has 3 aromatic carbocycles. The molecule has 7 nitrogen and oxygen atoms in total. The third kappa shape index (κ3) is 8.36. The van der Waals surface area contributed by atoms with Crippen molar-refractivity contribution in [2.75, 3.05) is 16.4 Å². The third-order valence-corrected chi connectivity index (χ3v) is 6.68. The van der Waals surface area contributed by atoms with Gasteiger partial charge in [-0.15, -0.1) is 11.8 Å². The van der Waals surface area contributed by atoms with Crippen molar-refractivity contribution in [1.82, 2.24) is 10.3 Å². The van der Waals surface area contributed by atoms with Gasteiger partial charge in [-0.25, -0.2) is 4.39 Å². The molecule has 0 fully saturated rings. The Kier molecular flexibility index (Phi) is 9.60. The van der Waals surface area contributed by atoms with Gasteiger partial charge in [-0.3, -0.25) is 19.4 Å². The van der Waals surface area contributed by atoms with Gasteiger partial charge in [0.15, 0.2) is 0 Å². The second kappa shape index (κ2) is 13.5. The molecule has 1 heterocycles. The molecular formula is C29H22BrFN4O3S. The molecule has 10 heteroatoms. The zero-order valence-corrected chi connectivity index (χ0v) is 22.8. The van der Waals surface area contributed by atoms with Gasteiger partial charge in [0, 0.05) is 33.0 Å². The standard InChI is InChI=1S/C29H22BrFN4O3S/c30-21-11-12-25(24(31)15-21)34-27(36)18-39-23-10-4-9-22(16-23)33-29(38)26(14-19-6-5-13-32-17-19)35-28(37)20-7-2-1-3-8-20/h1-17H,18H2,(H,33,38)(H,34,36)(H,35,37)/b26-14-. The number of rotatable bonds is 9. The maximum absolute atomic E-state index is 14.0. The number of pyridine rings is 1. The zero-order chi connectivity index (χ0) is 27.6. The maximum atomic E-state index is 14.0. The summed E-state index contributed by atoms with van der Waals surface area (Å²) in [7, 11) is 0. The van der Waals surface area contributed by atoms with Crippen LogP contribution in [0, 0.1) is 5.82 Å². The van der Waals surface area contributed by atoms with Crippen LogP contribution in [0.3, 0.4) is 0 Å². The van der Waals surface area contributed by atoms with Crippen LogP contribution in [0.25, 0.3) is 6.08 Å². The Hall–Kier alpha value is -4.28. The molecular weight excluding hydrogens is 583 g/mol. The highest BCUT2D eigenvalue weighted by Gasteiger charge is 2.16.